The van der Waals surface area contributed by atoms with Crippen LogP contribution in [-0.2, 0) is 4.43 Å². The fourth-order valence-electron chi connectivity index (χ4n) is 1.02. The predicted octanol–water partition coefficient (Wildman–Crippen LogP) is 0.441. The molecule has 0 aromatic heterocycles. The number of ether oxygens (including phenoxy) is 1. The third-order valence-electron chi connectivity index (χ3n) is 1.55. The molecule has 3 heteroatoms. The van der Waals surface area contributed by atoms with E-state index in [1.54, 1.807) is 7.11 Å². The van der Waals surface area contributed by atoms with Gasteiger partial charge in [0.1, 0.15) is 5.75 Å². The zero-order valence-corrected chi connectivity index (χ0v) is 8.95. The highest BCUT2D eigenvalue weighted by Crippen LogP contribution is 2.06. The van der Waals surface area contributed by atoms with E-state index in [1.807, 2.05) is 19.1 Å². The van der Waals surface area contributed by atoms with Crippen LogP contribution in [0.25, 0.3) is 0 Å². The Labute approximate surface area is 75.5 Å². The van der Waals surface area contributed by atoms with Gasteiger partial charge in [-0.15, -0.1) is 0 Å². The Morgan fingerprint density at radius 2 is 1.92 bits per heavy atom. The molecule has 0 unspecified atom stereocenters. The fourth-order valence-corrected chi connectivity index (χ4v) is 1.78. The third-order valence-corrected chi connectivity index (χ3v) is 2.64. The van der Waals surface area contributed by atoms with E-state index in [9.17, 15) is 0 Å². The summed E-state index contributed by atoms with van der Waals surface area (Å²) >= 11 is 0. The Bertz CT molecular complexity index is 195. The largest absolute Gasteiger partial charge is 0.494 e. The van der Waals surface area contributed by atoms with Crippen LogP contribution >= 0.6 is 0 Å². The topological polar surface area (TPSA) is 18.5 Å². The Morgan fingerprint density at radius 1 is 1.25 bits per heavy atom. The molecule has 66 valence electrons. The highest BCUT2D eigenvalue weighted by atomic mass is 28.2. The van der Waals surface area contributed by atoms with Crippen LogP contribution < -0.4 is 9.92 Å². The van der Waals surface area contributed by atoms with E-state index in [0.717, 1.165) is 12.4 Å². The van der Waals surface area contributed by atoms with E-state index in [2.05, 4.69) is 12.1 Å². The van der Waals surface area contributed by atoms with Crippen LogP contribution in [0.15, 0.2) is 24.3 Å². The average molecular weight is 182 g/mol. The van der Waals surface area contributed by atoms with Gasteiger partial charge in [0, 0.05) is 7.11 Å². The van der Waals surface area contributed by atoms with E-state index >= 15 is 0 Å². The molecule has 0 aliphatic heterocycles. The molecule has 0 aliphatic carbocycles. The lowest BCUT2D eigenvalue weighted by molar-refractivity contribution is 0.340. The molecule has 0 heterocycles. The lowest BCUT2D eigenvalue weighted by Gasteiger charge is -2.03. The van der Waals surface area contributed by atoms with E-state index in [0.29, 0.717) is 0 Å². The van der Waals surface area contributed by atoms with Gasteiger partial charge >= 0.3 is 0 Å². The zero-order valence-electron chi connectivity index (χ0n) is 7.54. The number of hydrogen-bond acceptors (Lipinski definition) is 2. The maximum absolute atomic E-state index is 5.31. The molecule has 1 aromatic rings. The molecule has 0 saturated carbocycles. The maximum Gasteiger partial charge on any atom is 0.191 e. The molecule has 2 nitrogen and oxygen atoms in total. The van der Waals surface area contributed by atoms with Crippen molar-refractivity contribution < 1.29 is 9.16 Å². The molecular formula is C9H14O2Si. The molecule has 0 spiro atoms. The first kappa shape index (κ1) is 9.29. The normalized spacial score (nSPS) is 10.8. The Kier molecular flexibility index (Phi) is 3.83. The van der Waals surface area contributed by atoms with Gasteiger partial charge in [-0.1, -0.05) is 12.1 Å². The second kappa shape index (κ2) is 4.95. The minimum Gasteiger partial charge on any atom is -0.494 e. The number of rotatable bonds is 4. The van der Waals surface area contributed by atoms with Gasteiger partial charge in [-0.25, -0.2) is 0 Å². The molecule has 0 fully saturated rings. The van der Waals surface area contributed by atoms with Gasteiger partial charge in [0.15, 0.2) is 9.76 Å². The summed E-state index contributed by atoms with van der Waals surface area (Å²) in [6, 6.07) is 8.12. The van der Waals surface area contributed by atoms with E-state index in [-0.39, 0.29) is 0 Å². The summed E-state index contributed by atoms with van der Waals surface area (Å²) in [4.78, 5) is 0. The van der Waals surface area contributed by atoms with E-state index in [1.165, 1.54) is 5.19 Å². The molecular weight excluding hydrogens is 168 g/mol. The van der Waals surface area contributed by atoms with Crippen molar-refractivity contribution in [1.29, 1.82) is 0 Å². The first-order valence-electron chi connectivity index (χ1n) is 4.07. The fraction of sp³-hybridized carbons (Fsp3) is 0.333. The molecule has 0 bridgehead atoms. The average Bonchev–Trinajstić information content (AvgIpc) is 2.09. The molecule has 1 rings (SSSR count). The second-order valence-corrected chi connectivity index (χ2v) is 4.19. The van der Waals surface area contributed by atoms with Crippen molar-refractivity contribution in [3.8, 4) is 5.75 Å². The quantitative estimate of drug-likeness (QED) is 0.629. The van der Waals surface area contributed by atoms with Crippen LogP contribution in [0, 0.1) is 0 Å². The van der Waals surface area contributed by atoms with Crippen molar-refractivity contribution in [2.75, 3.05) is 13.7 Å². The Morgan fingerprint density at radius 3 is 2.42 bits per heavy atom. The van der Waals surface area contributed by atoms with Crippen LogP contribution in [0.2, 0.25) is 0 Å². The van der Waals surface area contributed by atoms with Crippen molar-refractivity contribution >= 4 is 14.9 Å². The van der Waals surface area contributed by atoms with Gasteiger partial charge in [-0.3, -0.25) is 0 Å². The van der Waals surface area contributed by atoms with Gasteiger partial charge in [0.2, 0.25) is 0 Å². The highest BCUT2D eigenvalue weighted by Gasteiger charge is 1.93. The summed E-state index contributed by atoms with van der Waals surface area (Å²) in [5.41, 5.74) is 0. The van der Waals surface area contributed by atoms with Crippen molar-refractivity contribution in [2.45, 2.75) is 6.92 Å². The van der Waals surface area contributed by atoms with Crippen molar-refractivity contribution in [3.63, 3.8) is 0 Å². The van der Waals surface area contributed by atoms with Crippen LogP contribution in [0.5, 0.6) is 5.75 Å². The summed E-state index contributed by atoms with van der Waals surface area (Å²) in [6.45, 7) is 2.71. The summed E-state index contributed by atoms with van der Waals surface area (Å²) < 4.78 is 10.4. The summed E-state index contributed by atoms with van der Waals surface area (Å²) in [5.74, 6) is 0.936. The zero-order chi connectivity index (χ0) is 8.81. The van der Waals surface area contributed by atoms with Crippen LogP contribution in [0.4, 0.5) is 0 Å². The molecule has 0 amide bonds. The minimum atomic E-state index is -0.487. The highest BCUT2D eigenvalue weighted by molar-refractivity contribution is 6.46. The monoisotopic (exact) mass is 182 g/mol. The molecule has 0 aliphatic rings. The van der Waals surface area contributed by atoms with Gasteiger partial charge in [0.05, 0.1) is 6.61 Å². The first-order chi connectivity index (χ1) is 5.86. The van der Waals surface area contributed by atoms with Crippen LogP contribution in [0.1, 0.15) is 6.92 Å². The minimum absolute atomic E-state index is 0.487. The molecule has 12 heavy (non-hydrogen) atoms. The lowest BCUT2D eigenvalue weighted by atomic mass is 10.3. The van der Waals surface area contributed by atoms with Crippen molar-refractivity contribution in [1.82, 2.24) is 0 Å². The standard InChI is InChI=1S/C9H14O2Si/c1-3-11-8-4-6-9(7-5-8)12-10-2/h4-7H,3,12H2,1-2H3. The number of benzene rings is 1. The Hall–Kier alpha value is -0.803. The van der Waals surface area contributed by atoms with Crippen LogP contribution in [-0.4, -0.2) is 23.5 Å². The van der Waals surface area contributed by atoms with E-state index in [4.69, 9.17) is 9.16 Å². The second-order valence-electron chi connectivity index (χ2n) is 2.51. The Balaban J connectivity index is 2.58. The van der Waals surface area contributed by atoms with E-state index < -0.39 is 9.76 Å². The van der Waals surface area contributed by atoms with Crippen molar-refractivity contribution in [3.05, 3.63) is 24.3 Å². The lowest BCUT2D eigenvalue weighted by Crippen LogP contribution is -2.14. The molecule has 1 aromatic carbocycles. The van der Waals surface area contributed by atoms with Gasteiger partial charge in [0.25, 0.3) is 0 Å². The van der Waals surface area contributed by atoms with Gasteiger partial charge in [-0.2, -0.15) is 0 Å². The molecule has 0 atom stereocenters. The third kappa shape index (κ3) is 2.68. The number of hydrogen-bond donors (Lipinski definition) is 0. The smallest absolute Gasteiger partial charge is 0.191 e. The molecule has 0 saturated heterocycles. The molecule has 0 N–H and O–H groups in total. The van der Waals surface area contributed by atoms with Crippen LogP contribution in [0.3, 0.4) is 0 Å². The SMILES string of the molecule is CCOc1ccc([SiH2]OC)cc1. The van der Waals surface area contributed by atoms with Crippen molar-refractivity contribution in [2.24, 2.45) is 0 Å². The van der Waals surface area contributed by atoms with Gasteiger partial charge in [-0.05, 0) is 24.2 Å². The molecule has 0 radical (unpaired) electrons. The predicted molar refractivity (Wildman–Crippen MR) is 52.8 cm³/mol. The summed E-state index contributed by atoms with van der Waals surface area (Å²) in [6.07, 6.45) is 0. The maximum atomic E-state index is 5.31. The summed E-state index contributed by atoms with van der Waals surface area (Å²) in [7, 11) is 1.27. The summed E-state index contributed by atoms with van der Waals surface area (Å²) in [5, 5.41) is 1.31. The van der Waals surface area contributed by atoms with Gasteiger partial charge < -0.3 is 9.16 Å². The first-order valence-corrected chi connectivity index (χ1v) is 5.36.